The van der Waals surface area contributed by atoms with Gasteiger partial charge in [-0.3, -0.25) is 9.59 Å². The number of hydrogen-bond donors (Lipinski definition) is 0. The second-order valence-corrected chi connectivity index (χ2v) is 7.73. The van der Waals surface area contributed by atoms with E-state index in [2.05, 4.69) is 0 Å². The molecule has 1 aromatic carbocycles. The van der Waals surface area contributed by atoms with Crippen LogP contribution in [-0.4, -0.2) is 42.5 Å². The number of hydrogen-bond acceptors (Lipinski definition) is 6. The van der Waals surface area contributed by atoms with Crippen LogP contribution in [0.25, 0.3) is 0 Å². The maximum Gasteiger partial charge on any atom is 0.259 e. The van der Waals surface area contributed by atoms with Gasteiger partial charge in [0.25, 0.3) is 15.9 Å². The van der Waals surface area contributed by atoms with Crippen LogP contribution in [0, 0.1) is 0 Å². The van der Waals surface area contributed by atoms with Crippen molar-refractivity contribution in [2.75, 3.05) is 13.3 Å². The molecule has 0 bridgehead atoms. The standard InChI is InChI=1S/C13H13NO6S/c1-13(2)12(16)14(21(13,17)18)6-9(15)8-3-4-10-11(5-8)20-7-19-10/h3-5H,6-7H2,1-2H3. The van der Waals surface area contributed by atoms with Crippen LogP contribution >= 0.6 is 0 Å². The molecular weight excluding hydrogens is 298 g/mol. The molecule has 0 radical (unpaired) electrons. The molecule has 1 fully saturated rings. The van der Waals surface area contributed by atoms with Crippen molar-refractivity contribution in [2.24, 2.45) is 0 Å². The zero-order valence-electron chi connectivity index (χ0n) is 11.5. The van der Waals surface area contributed by atoms with E-state index in [0.29, 0.717) is 15.8 Å². The van der Waals surface area contributed by atoms with Crippen molar-refractivity contribution < 1.29 is 27.5 Å². The Balaban J connectivity index is 1.81. The maximum atomic E-state index is 12.1. The molecule has 2 heterocycles. The minimum absolute atomic E-state index is 0.0835. The lowest BCUT2D eigenvalue weighted by molar-refractivity contribution is -0.131. The molecule has 2 aliphatic rings. The largest absolute Gasteiger partial charge is 0.454 e. The van der Waals surface area contributed by atoms with Crippen molar-refractivity contribution in [1.82, 2.24) is 4.31 Å². The van der Waals surface area contributed by atoms with E-state index < -0.39 is 33.0 Å². The van der Waals surface area contributed by atoms with Gasteiger partial charge in [-0.05, 0) is 32.0 Å². The highest BCUT2D eigenvalue weighted by Crippen LogP contribution is 2.36. The number of ketones is 1. The Labute approximate surface area is 121 Å². The summed E-state index contributed by atoms with van der Waals surface area (Å²) in [6.45, 7) is 2.24. The normalized spacial score (nSPS) is 21.0. The van der Waals surface area contributed by atoms with Gasteiger partial charge in [0, 0.05) is 5.56 Å². The zero-order valence-corrected chi connectivity index (χ0v) is 12.3. The highest BCUT2D eigenvalue weighted by Gasteiger charge is 2.60. The Morgan fingerprint density at radius 1 is 1.29 bits per heavy atom. The first-order valence-corrected chi connectivity index (χ1v) is 7.69. The average Bonchev–Trinajstić information content (AvgIpc) is 2.90. The summed E-state index contributed by atoms with van der Waals surface area (Å²) < 4.78 is 33.3. The summed E-state index contributed by atoms with van der Waals surface area (Å²) in [4.78, 5) is 23.9. The number of nitrogens with zero attached hydrogens (tertiary/aromatic N) is 1. The SMILES string of the molecule is CC1(C)C(=O)N(CC(=O)c2ccc3c(c2)OCO3)S1(=O)=O. The summed E-state index contributed by atoms with van der Waals surface area (Å²) in [7, 11) is -3.76. The molecule has 7 nitrogen and oxygen atoms in total. The Morgan fingerprint density at radius 2 is 1.95 bits per heavy atom. The van der Waals surface area contributed by atoms with Crippen molar-refractivity contribution in [2.45, 2.75) is 18.6 Å². The summed E-state index contributed by atoms with van der Waals surface area (Å²) in [5, 5.41) is 0. The molecule has 0 aliphatic carbocycles. The number of rotatable bonds is 3. The molecule has 0 N–H and O–H groups in total. The lowest BCUT2D eigenvalue weighted by Gasteiger charge is -2.42. The van der Waals surface area contributed by atoms with Crippen LogP contribution < -0.4 is 9.47 Å². The molecule has 0 aromatic heterocycles. The van der Waals surface area contributed by atoms with Gasteiger partial charge in [0.05, 0.1) is 0 Å². The number of carbonyl (C=O) groups excluding carboxylic acids is 2. The Bertz CT molecular complexity index is 752. The molecule has 1 saturated heterocycles. The Morgan fingerprint density at radius 3 is 2.62 bits per heavy atom. The monoisotopic (exact) mass is 311 g/mol. The number of amides is 1. The molecule has 3 rings (SSSR count). The van der Waals surface area contributed by atoms with Gasteiger partial charge in [0.1, 0.15) is 6.54 Å². The third-order valence-electron chi connectivity index (χ3n) is 3.66. The molecule has 1 aromatic rings. The van der Waals surface area contributed by atoms with Crippen LogP contribution in [0.3, 0.4) is 0 Å². The first kappa shape index (κ1) is 13.9. The van der Waals surface area contributed by atoms with E-state index in [1.54, 1.807) is 6.07 Å². The van der Waals surface area contributed by atoms with Crippen LogP contribution in [0.15, 0.2) is 18.2 Å². The number of benzene rings is 1. The van der Waals surface area contributed by atoms with Gasteiger partial charge in [-0.1, -0.05) is 0 Å². The molecule has 0 spiro atoms. The highest BCUT2D eigenvalue weighted by molar-refractivity contribution is 7.94. The van der Waals surface area contributed by atoms with Crippen LogP contribution in [0.2, 0.25) is 0 Å². The number of ether oxygens (including phenoxy) is 2. The quantitative estimate of drug-likeness (QED) is 0.757. The van der Waals surface area contributed by atoms with E-state index in [1.165, 1.54) is 26.0 Å². The average molecular weight is 311 g/mol. The molecule has 1 amide bonds. The fraction of sp³-hybridized carbons (Fsp3) is 0.385. The van der Waals surface area contributed by atoms with Crippen LogP contribution in [-0.2, 0) is 14.8 Å². The van der Waals surface area contributed by atoms with Crippen molar-refractivity contribution in [3.8, 4) is 11.5 Å². The molecule has 2 aliphatic heterocycles. The summed E-state index contributed by atoms with van der Waals surface area (Å²) in [6.07, 6.45) is 0. The minimum atomic E-state index is -3.76. The third kappa shape index (κ3) is 1.82. The van der Waals surface area contributed by atoms with E-state index in [0.717, 1.165) is 0 Å². The predicted molar refractivity (Wildman–Crippen MR) is 71.6 cm³/mol. The second-order valence-electron chi connectivity index (χ2n) is 5.32. The molecule has 0 unspecified atom stereocenters. The van der Waals surface area contributed by atoms with E-state index in [-0.39, 0.29) is 12.4 Å². The molecular formula is C13H13NO6S. The Kier molecular flexibility index (Phi) is 2.78. The summed E-state index contributed by atoms with van der Waals surface area (Å²) in [5.41, 5.74) is 0.270. The van der Waals surface area contributed by atoms with Crippen LogP contribution in [0.4, 0.5) is 0 Å². The molecule has 112 valence electrons. The van der Waals surface area contributed by atoms with E-state index in [1.807, 2.05) is 0 Å². The van der Waals surface area contributed by atoms with Crippen molar-refractivity contribution in [1.29, 1.82) is 0 Å². The first-order valence-electron chi connectivity index (χ1n) is 6.25. The fourth-order valence-electron chi connectivity index (χ4n) is 2.20. The first-order chi connectivity index (χ1) is 9.75. The van der Waals surface area contributed by atoms with Gasteiger partial charge < -0.3 is 9.47 Å². The van der Waals surface area contributed by atoms with Gasteiger partial charge >= 0.3 is 0 Å². The molecule has 21 heavy (non-hydrogen) atoms. The predicted octanol–water partition coefficient (Wildman–Crippen LogP) is 0.549. The van der Waals surface area contributed by atoms with Gasteiger partial charge in [0.2, 0.25) is 6.79 Å². The van der Waals surface area contributed by atoms with E-state index in [4.69, 9.17) is 9.47 Å². The summed E-state index contributed by atoms with van der Waals surface area (Å²) in [5.74, 6) is -0.0865. The molecule has 0 saturated carbocycles. The summed E-state index contributed by atoms with van der Waals surface area (Å²) in [6, 6.07) is 4.57. The number of fused-ring (bicyclic) bond motifs is 1. The van der Waals surface area contributed by atoms with Gasteiger partial charge in [-0.25, -0.2) is 12.7 Å². The molecule has 8 heteroatoms. The number of carbonyl (C=O) groups is 2. The fourth-order valence-corrected chi connectivity index (χ4v) is 3.69. The van der Waals surface area contributed by atoms with Crippen LogP contribution in [0.1, 0.15) is 24.2 Å². The number of sulfonamides is 1. The lowest BCUT2D eigenvalue weighted by Crippen LogP contribution is -2.68. The van der Waals surface area contributed by atoms with Crippen LogP contribution in [0.5, 0.6) is 11.5 Å². The van der Waals surface area contributed by atoms with Gasteiger partial charge in [-0.2, -0.15) is 0 Å². The lowest BCUT2D eigenvalue weighted by atomic mass is 10.1. The summed E-state index contributed by atoms with van der Waals surface area (Å²) >= 11 is 0. The smallest absolute Gasteiger partial charge is 0.259 e. The maximum absolute atomic E-state index is 12.1. The van der Waals surface area contributed by atoms with E-state index in [9.17, 15) is 18.0 Å². The van der Waals surface area contributed by atoms with Crippen molar-refractivity contribution in [3.05, 3.63) is 23.8 Å². The number of Topliss-reactive ketones (excluding diaryl/α,β-unsaturated/α-hetero) is 1. The zero-order chi connectivity index (χ0) is 15.4. The van der Waals surface area contributed by atoms with E-state index >= 15 is 0 Å². The Hall–Kier alpha value is -2.09. The van der Waals surface area contributed by atoms with Gasteiger partial charge in [0.15, 0.2) is 22.0 Å². The topological polar surface area (TPSA) is 90.0 Å². The minimum Gasteiger partial charge on any atom is -0.454 e. The third-order valence-corrected chi connectivity index (χ3v) is 6.00. The van der Waals surface area contributed by atoms with Gasteiger partial charge in [-0.15, -0.1) is 0 Å². The van der Waals surface area contributed by atoms with Crippen molar-refractivity contribution >= 4 is 21.7 Å². The van der Waals surface area contributed by atoms with Crippen molar-refractivity contribution in [3.63, 3.8) is 0 Å². The second kappa shape index (κ2) is 4.20. The highest BCUT2D eigenvalue weighted by atomic mass is 32.2. The molecule has 0 atom stereocenters.